The number of terminal acetylenes is 2. The van der Waals surface area contributed by atoms with Crippen LogP contribution >= 0.6 is 0 Å². The highest BCUT2D eigenvalue weighted by Gasteiger charge is 2.16. The quantitative estimate of drug-likeness (QED) is 0.277. The van der Waals surface area contributed by atoms with Gasteiger partial charge in [0.2, 0.25) is 0 Å². The first-order chi connectivity index (χ1) is 17.8. The lowest BCUT2D eigenvalue weighted by Crippen LogP contribution is -2.34. The molecule has 2 N–H and O–H groups in total. The van der Waals surface area contributed by atoms with Crippen LogP contribution in [-0.4, -0.2) is 76.1 Å². The van der Waals surface area contributed by atoms with Crippen LogP contribution in [0.3, 0.4) is 0 Å². The van der Waals surface area contributed by atoms with Gasteiger partial charge in [0.05, 0.1) is 37.6 Å². The van der Waals surface area contributed by atoms with E-state index in [1.807, 2.05) is 0 Å². The summed E-state index contributed by atoms with van der Waals surface area (Å²) in [4.78, 5) is 23.2. The molecule has 0 saturated heterocycles. The predicted molar refractivity (Wildman–Crippen MR) is 143 cm³/mol. The lowest BCUT2D eigenvalue weighted by atomic mass is 10.1. The number of rotatable bonds is 14. The third kappa shape index (κ3) is 14.8. The van der Waals surface area contributed by atoms with Gasteiger partial charge in [-0.15, -0.1) is 12.8 Å². The molecule has 0 atom stereocenters. The van der Waals surface area contributed by atoms with Gasteiger partial charge in [0.1, 0.15) is 35.9 Å². The molecule has 0 saturated carbocycles. The first-order valence-corrected chi connectivity index (χ1v) is 12.3. The van der Waals surface area contributed by atoms with Gasteiger partial charge in [-0.3, -0.25) is 0 Å². The molecule has 1 aromatic rings. The van der Waals surface area contributed by atoms with E-state index < -0.39 is 23.4 Å². The Bertz CT molecular complexity index is 901. The summed E-state index contributed by atoms with van der Waals surface area (Å²) in [6, 6.07) is 3.28. The Hall–Kier alpha value is -3.60. The zero-order valence-electron chi connectivity index (χ0n) is 23.2. The minimum Gasteiger partial charge on any atom is -0.490 e. The Labute approximate surface area is 226 Å². The average Bonchev–Trinajstić information content (AvgIpc) is 2.80. The summed E-state index contributed by atoms with van der Waals surface area (Å²) in [5, 5.41) is 5.22. The summed E-state index contributed by atoms with van der Waals surface area (Å²) < 4.78 is 32.7. The fourth-order valence-corrected chi connectivity index (χ4v) is 2.73. The number of carbonyl (C=O) groups is 2. The van der Waals surface area contributed by atoms with Crippen LogP contribution in [0.2, 0.25) is 0 Å². The van der Waals surface area contributed by atoms with Crippen LogP contribution in [-0.2, 0) is 18.9 Å². The number of amides is 2. The number of nitrogens with one attached hydrogen (secondary N) is 2. The Morgan fingerprint density at radius 1 is 0.684 bits per heavy atom. The Kier molecular flexibility index (Phi) is 13.9. The molecule has 0 fully saturated rings. The molecule has 38 heavy (non-hydrogen) atoms. The van der Waals surface area contributed by atoms with Crippen LogP contribution in [0, 0.1) is 24.7 Å². The molecule has 0 aromatic heterocycles. The second kappa shape index (κ2) is 16.3. The minimum absolute atomic E-state index is 0.233. The lowest BCUT2D eigenvalue weighted by Gasteiger charge is -2.19. The largest absolute Gasteiger partial charge is 0.490 e. The number of ether oxygens (including phenoxy) is 6. The second-order valence-corrected chi connectivity index (χ2v) is 9.91. The standard InChI is InChI=1S/C28H40N2O8/c1-9-21-19-24(36-18-16-34-14-12-30-26(32)38-28(6,7)8)22(10-2)20-23(21)35-17-15-33-13-11-29-25(31)37-27(3,4)5/h1-2,19-20H,11-18H2,3-8H3,(H,29,31)(H,30,32). The summed E-state index contributed by atoms with van der Waals surface area (Å²) in [7, 11) is 0. The summed E-state index contributed by atoms with van der Waals surface area (Å²) in [5.41, 5.74) is -0.149. The minimum atomic E-state index is -0.554. The van der Waals surface area contributed by atoms with Crippen molar-refractivity contribution in [3.63, 3.8) is 0 Å². The molecule has 1 aromatic carbocycles. The third-order valence-electron chi connectivity index (χ3n) is 4.19. The Morgan fingerprint density at radius 3 is 1.37 bits per heavy atom. The molecule has 0 spiro atoms. The summed E-state index contributed by atoms with van der Waals surface area (Å²) in [5.74, 6) is 6.01. The van der Waals surface area contributed by atoms with Crippen molar-refractivity contribution < 1.29 is 38.0 Å². The van der Waals surface area contributed by atoms with Crippen molar-refractivity contribution in [3.8, 4) is 36.2 Å². The van der Waals surface area contributed by atoms with E-state index in [4.69, 9.17) is 41.3 Å². The second-order valence-electron chi connectivity index (χ2n) is 9.91. The van der Waals surface area contributed by atoms with Gasteiger partial charge in [0.25, 0.3) is 0 Å². The van der Waals surface area contributed by atoms with Crippen molar-refractivity contribution >= 4 is 12.2 Å². The normalized spacial score (nSPS) is 11.1. The molecule has 2 amide bonds. The van der Waals surface area contributed by atoms with Crippen molar-refractivity contribution in [1.82, 2.24) is 10.6 Å². The maximum Gasteiger partial charge on any atom is 0.407 e. The van der Waals surface area contributed by atoms with Gasteiger partial charge >= 0.3 is 12.2 Å². The highest BCUT2D eigenvalue weighted by atomic mass is 16.6. The van der Waals surface area contributed by atoms with E-state index in [2.05, 4.69) is 22.5 Å². The van der Waals surface area contributed by atoms with Gasteiger partial charge in [0, 0.05) is 25.2 Å². The van der Waals surface area contributed by atoms with Crippen LogP contribution in [0.25, 0.3) is 0 Å². The van der Waals surface area contributed by atoms with Gasteiger partial charge in [-0.25, -0.2) is 9.59 Å². The average molecular weight is 533 g/mol. The van der Waals surface area contributed by atoms with Gasteiger partial charge in [-0.2, -0.15) is 0 Å². The molecular formula is C28H40N2O8. The molecular weight excluding hydrogens is 492 g/mol. The Morgan fingerprint density at radius 2 is 1.05 bits per heavy atom. The topological polar surface area (TPSA) is 114 Å². The maximum atomic E-state index is 11.6. The van der Waals surface area contributed by atoms with E-state index in [9.17, 15) is 9.59 Å². The maximum absolute atomic E-state index is 11.6. The summed E-state index contributed by atoms with van der Waals surface area (Å²) >= 11 is 0. The van der Waals surface area contributed by atoms with E-state index in [0.717, 1.165) is 0 Å². The molecule has 0 aliphatic carbocycles. The van der Waals surface area contributed by atoms with Gasteiger partial charge in [-0.05, 0) is 41.5 Å². The molecule has 10 heteroatoms. The highest BCUT2D eigenvalue weighted by molar-refractivity contribution is 5.68. The molecule has 0 bridgehead atoms. The van der Waals surface area contributed by atoms with Crippen LogP contribution in [0.15, 0.2) is 12.1 Å². The molecule has 0 heterocycles. The summed E-state index contributed by atoms with van der Waals surface area (Å²) in [6.07, 6.45) is 10.3. The number of hydrogen-bond acceptors (Lipinski definition) is 8. The molecule has 10 nitrogen and oxygen atoms in total. The number of hydrogen-bond donors (Lipinski definition) is 2. The monoisotopic (exact) mass is 532 g/mol. The first-order valence-electron chi connectivity index (χ1n) is 12.3. The van der Waals surface area contributed by atoms with E-state index in [1.54, 1.807) is 53.7 Å². The number of benzene rings is 1. The van der Waals surface area contributed by atoms with Crippen LogP contribution < -0.4 is 20.1 Å². The lowest BCUT2D eigenvalue weighted by molar-refractivity contribution is 0.0478. The smallest absolute Gasteiger partial charge is 0.407 e. The predicted octanol–water partition coefficient (Wildman–Crippen LogP) is 3.49. The zero-order valence-corrected chi connectivity index (χ0v) is 23.2. The molecule has 1 rings (SSSR count). The number of alkyl carbamates (subject to hydrolysis) is 2. The fraction of sp³-hybridized carbons (Fsp3) is 0.571. The van der Waals surface area contributed by atoms with Crippen LogP contribution in [0.4, 0.5) is 9.59 Å². The van der Waals surface area contributed by atoms with Gasteiger partial charge in [-0.1, -0.05) is 11.8 Å². The van der Waals surface area contributed by atoms with Gasteiger partial charge in [0.15, 0.2) is 0 Å². The highest BCUT2D eigenvalue weighted by Crippen LogP contribution is 2.28. The van der Waals surface area contributed by atoms with E-state index in [1.165, 1.54) is 0 Å². The van der Waals surface area contributed by atoms with Gasteiger partial charge < -0.3 is 39.1 Å². The van der Waals surface area contributed by atoms with Crippen molar-refractivity contribution in [2.24, 2.45) is 0 Å². The molecule has 0 aliphatic heterocycles. The van der Waals surface area contributed by atoms with Crippen molar-refractivity contribution in [2.45, 2.75) is 52.7 Å². The van der Waals surface area contributed by atoms with E-state index >= 15 is 0 Å². The third-order valence-corrected chi connectivity index (χ3v) is 4.19. The fourth-order valence-electron chi connectivity index (χ4n) is 2.73. The molecule has 210 valence electrons. The first kappa shape index (κ1) is 32.4. The Balaban J connectivity index is 2.37. The van der Waals surface area contributed by atoms with Crippen molar-refractivity contribution in [3.05, 3.63) is 23.3 Å². The molecule has 0 aliphatic rings. The van der Waals surface area contributed by atoms with Crippen molar-refractivity contribution in [2.75, 3.05) is 52.7 Å². The zero-order chi connectivity index (χ0) is 28.6. The van der Waals surface area contributed by atoms with Crippen molar-refractivity contribution in [1.29, 1.82) is 0 Å². The van der Waals surface area contributed by atoms with E-state index in [0.29, 0.717) is 48.9 Å². The molecule has 0 unspecified atom stereocenters. The van der Waals surface area contributed by atoms with Crippen LogP contribution in [0.1, 0.15) is 52.7 Å². The van der Waals surface area contributed by atoms with E-state index in [-0.39, 0.29) is 26.4 Å². The molecule has 0 radical (unpaired) electrons. The summed E-state index contributed by atoms with van der Waals surface area (Å²) in [6.45, 7) is 13.0. The van der Waals surface area contributed by atoms with Crippen LogP contribution in [0.5, 0.6) is 11.5 Å². The number of carbonyl (C=O) groups excluding carboxylic acids is 2. The SMILES string of the molecule is C#Cc1cc(OCCOCCNC(=O)OC(C)(C)C)c(C#C)cc1OCCOCCNC(=O)OC(C)(C)C.